The number of carbonyl (C=O) groups is 3. The fraction of sp³-hybridized carbons (Fsp3) is 0.438. The van der Waals surface area contributed by atoms with E-state index in [1.54, 1.807) is 18.2 Å². The highest BCUT2D eigenvalue weighted by Crippen LogP contribution is 2.20. The minimum absolute atomic E-state index is 0. The van der Waals surface area contributed by atoms with Crippen molar-refractivity contribution in [1.29, 1.82) is 0 Å². The van der Waals surface area contributed by atoms with E-state index in [9.17, 15) is 14.4 Å². The average molecular weight is 357 g/mol. The van der Waals surface area contributed by atoms with Crippen LogP contribution in [0, 0.1) is 12.8 Å². The van der Waals surface area contributed by atoms with Crippen molar-refractivity contribution in [2.24, 2.45) is 11.7 Å². The highest BCUT2D eigenvalue weighted by Gasteiger charge is 2.17. The Morgan fingerprint density at radius 1 is 1.17 bits per heavy atom. The lowest BCUT2D eigenvalue weighted by atomic mass is 10.1. The molecule has 134 valence electrons. The van der Waals surface area contributed by atoms with E-state index in [1.807, 2.05) is 20.8 Å². The van der Waals surface area contributed by atoms with Crippen molar-refractivity contribution >= 4 is 41.5 Å². The summed E-state index contributed by atoms with van der Waals surface area (Å²) < 4.78 is 0. The molecule has 0 radical (unpaired) electrons. The Bertz CT molecular complexity index is 605. The Hall–Kier alpha value is -2.12. The molecular weight excluding hydrogens is 332 g/mol. The molecule has 1 atom stereocenters. The van der Waals surface area contributed by atoms with Gasteiger partial charge in [-0.2, -0.15) is 0 Å². The van der Waals surface area contributed by atoms with Crippen molar-refractivity contribution in [2.75, 3.05) is 17.2 Å². The smallest absolute Gasteiger partial charge is 0.243 e. The molecule has 1 rings (SSSR count). The first-order chi connectivity index (χ1) is 10.7. The lowest BCUT2D eigenvalue weighted by Crippen LogP contribution is -2.46. The number of amides is 3. The Morgan fingerprint density at radius 2 is 1.79 bits per heavy atom. The maximum atomic E-state index is 11.9. The van der Waals surface area contributed by atoms with E-state index in [0.29, 0.717) is 11.4 Å². The third-order valence-corrected chi connectivity index (χ3v) is 3.28. The van der Waals surface area contributed by atoms with Crippen LogP contribution < -0.4 is 21.7 Å². The summed E-state index contributed by atoms with van der Waals surface area (Å²) in [7, 11) is 0. The maximum absolute atomic E-state index is 11.9. The third-order valence-electron chi connectivity index (χ3n) is 3.28. The topological polar surface area (TPSA) is 113 Å². The number of benzene rings is 1. The van der Waals surface area contributed by atoms with Crippen LogP contribution in [0.1, 0.15) is 26.3 Å². The molecule has 8 heteroatoms. The van der Waals surface area contributed by atoms with Gasteiger partial charge >= 0.3 is 0 Å². The van der Waals surface area contributed by atoms with Crippen molar-refractivity contribution in [3.8, 4) is 0 Å². The molecule has 0 unspecified atom stereocenters. The summed E-state index contributed by atoms with van der Waals surface area (Å²) in [6.45, 7) is 6.75. The van der Waals surface area contributed by atoms with Crippen molar-refractivity contribution < 1.29 is 14.4 Å². The molecule has 24 heavy (non-hydrogen) atoms. The summed E-state index contributed by atoms with van der Waals surface area (Å²) in [4.78, 5) is 34.7. The largest absolute Gasteiger partial charge is 0.346 e. The second-order valence-electron chi connectivity index (χ2n) is 5.75. The summed E-state index contributed by atoms with van der Waals surface area (Å²) in [6.07, 6.45) is 0. The molecule has 0 heterocycles. The number of nitrogens with two attached hydrogens (primary N) is 1. The molecule has 3 amide bonds. The van der Waals surface area contributed by atoms with Crippen LogP contribution in [-0.4, -0.2) is 30.3 Å². The van der Waals surface area contributed by atoms with Gasteiger partial charge < -0.3 is 21.7 Å². The van der Waals surface area contributed by atoms with Crippen LogP contribution in [0.5, 0.6) is 0 Å². The fourth-order valence-electron chi connectivity index (χ4n) is 1.82. The maximum Gasteiger partial charge on any atom is 0.243 e. The molecule has 5 N–H and O–H groups in total. The van der Waals surface area contributed by atoms with Gasteiger partial charge in [0.1, 0.15) is 0 Å². The Balaban J connectivity index is 0.00000529. The SMILES string of the molecule is CC(=O)Nc1ccc(C)c(NC(=O)CNC(=O)[C@@H](N)C(C)C)c1.Cl. The zero-order valence-electron chi connectivity index (χ0n) is 14.3. The normalized spacial score (nSPS) is 11.2. The van der Waals surface area contributed by atoms with Gasteiger partial charge in [0, 0.05) is 18.3 Å². The van der Waals surface area contributed by atoms with Crippen LogP contribution >= 0.6 is 12.4 Å². The molecule has 0 fully saturated rings. The predicted octanol–water partition coefficient (Wildman–Crippen LogP) is 1.41. The number of nitrogens with one attached hydrogen (secondary N) is 3. The number of rotatable bonds is 6. The summed E-state index contributed by atoms with van der Waals surface area (Å²) in [5.74, 6) is -0.924. The summed E-state index contributed by atoms with van der Waals surface area (Å²) in [5.41, 5.74) is 7.71. The van der Waals surface area contributed by atoms with E-state index in [0.717, 1.165) is 5.56 Å². The first-order valence-electron chi connectivity index (χ1n) is 7.42. The number of hydrogen-bond donors (Lipinski definition) is 4. The van der Waals surface area contributed by atoms with Crippen LogP contribution in [0.4, 0.5) is 11.4 Å². The molecule has 1 aromatic carbocycles. The predicted molar refractivity (Wildman–Crippen MR) is 97.2 cm³/mol. The van der Waals surface area contributed by atoms with Gasteiger partial charge in [-0.3, -0.25) is 14.4 Å². The monoisotopic (exact) mass is 356 g/mol. The van der Waals surface area contributed by atoms with Gasteiger partial charge in [0.05, 0.1) is 12.6 Å². The average Bonchev–Trinajstić information content (AvgIpc) is 2.46. The number of carbonyl (C=O) groups excluding carboxylic acids is 3. The van der Waals surface area contributed by atoms with Crippen LogP contribution in [0.2, 0.25) is 0 Å². The molecule has 0 bridgehead atoms. The van der Waals surface area contributed by atoms with Crippen molar-refractivity contribution in [3.05, 3.63) is 23.8 Å². The number of aryl methyl sites for hydroxylation is 1. The number of halogens is 1. The fourth-order valence-corrected chi connectivity index (χ4v) is 1.82. The van der Waals surface area contributed by atoms with Gasteiger partial charge in [0.15, 0.2) is 0 Å². The first-order valence-corrected chi connectivity index (χ1v) is 7.42. The quantitative estimate of drug-likeness (QED) is 0.617. The first kappa shape index (κ1) is 21.9. The molecule has 7 nitrogen and oxygen atoms in total. The number of hydrogen-bond acceptors (Lipinski definition) is 4. The molecule has 0 saturated carbocycles. The molecule has 0 aromatic heterocycles. The molecule has 0 spiro atoms. The van der Waals surface area contributed by atoms with Crippen molar-refractivity contribution in [1.82, 2.24) is 5.32 Å². The molecule has 1 aromatic rings. The van der Waals surface area contributed by atoms with Crippen LogP contribution in [0.15, 0.2) is 18.2 Å². The van der Waals surface area contributed by atoms with Crippen LogP contribution in [-0.2, 0) is 14.4 Å². The van der Waals surface area contributed by atoms with Gasteiger partial charge in [-0.1, -0.05) is 19.9 Å². The Morgan fingerprint density at radius 3 is 2.33 bits per heavy atom. The molecule has 0 saturated heterocycles. The summed E-state index contributed by atoms with van der Waals surface area (Å²) in [6, 6.07) is 4.55. The van der Waals surface area contributed by atoms with Gasteiger partial charge in [0.25, 0.3) is 0 Å². The van der Waals surface area contributed by atoms with E-state index in [-0.39, 0.29) is 42.6 Å². The lowest BCUT2D eigenvalue weighted by molar-refractivity contribution is -0.125. The standard InChI is InChI=1S/C16H24N4O3.ClH/c1-9(2)15(17)16(23)18-8-14(22)20-13-7-12(19-11(4)21)6-5-10(13)3;/h5-7,9,15H,8,17H2,1-4H3,(H,18,23)(H,19,21)(H,20,22);1H/t15-;/m0./s1. The number of anilines is 2. The molecule has 0 aliphatic rings. The van der Waals surface area contributed by atoms with Crippen LogP contribution in [0.25, 0.3) is 0 Å². The van der Waals surface area contributed by atoms with Gasteiger partial charge in [0.2, 0.25) is 17.7 Å². The third kappa shape index (κ3) is 6.97. The van der Waals surface area contributed by atoms with Gasteiger partial charge in [-0.05, 0) is 30.5 Å². The second kappa shape index (κ2) is 9.89. The zero-order chi connectivity index (χ0) is 17.6. The van der Waals surface area contributed by atoms with E-state index < -0.39 is 6.04 Å². The van der Waals surface area contributed by atoms with Crippen molar-refractivity contribution in [2.45, 2.75) is 33.7 Å². The second-order valence-corrected chi connectivity index (χ2v) is 5.75. The summed E-state index contributed by atoms with van der Waals surface area (Å²) >= 11 is 0. The Labute approximate surface area is 148 Å². The minimum atomic E-state index is -0.646. The molecule has 0 aliphatic carbocycles. The highest BCUT2D eigenvalue weighted by atomic mass is 35.5. The summed E-state index contributed by atoms with van der Waals surface area (Å²) in [5, 5.41) is 7.85. The Kier molecular flexibility index (Phi) is 9.02. The van der Waals surface area contributed by atoms with Gasteiger partial charge in [-0.15, -0.1) is 12.4 Å². The molecule has 0 aliphatic heterocycles. The van der Waals surface area contributed by atoms with Crippen molar-refractivity contribution in [3.63, 3.8) is 0 Å². The van der Waals surface area contributed by atoms with E-state index in [2.05, 4.69) is 16.0 Å². The van der Waals surface area contributed by atoms with Gasteiger partial charge in [-0.25, -0.2) is 0 Å². The van der Waals surface area contributed by atoms with E-state index in [4.69, 9.17) is 5.73 Å². The van der Waals surface area contributed by atoms with Crippen LogP contribution in [0.3, 0.4) is 0 Å². The molecular formula is C16H25ClN4O3. The van der Waals surface area contributed by atoms with E-state index in [1.165, 1.54) is 6.92 Å². The minimum Gasteiger partial charge on any atom is -0.346 e. The lowest BCUT2D eigenvalue weighted by Gasteiger charge is -2.15. The highest BCUT2D eigenvalue weighted by molar-refractivity contribution is 5.97. The van der Waals surface area contributed by atoms with E-state index >= 15 is 0 Å². The zero-order valence-corrected chi connectivity index (χ0v) is 15.1.